The van der Waals surface area contributed by atoms with Crippen molar-refractivity contribution >= 4 is 46.4 Å². The average Bonchev–Trinajstić information content (AvgIpc) is 2.75. The van der Waals surface area contributed by atoms with Gasteiger partial charge in [-0.1, -0.05) is 35.3 Å². The Morgan fingerprint density at radius 1 is 0.700 bits per heavy atom. The standard InChI is InChI=1S/C22H18Cl2N2O4/c1-29-15-7-3-5-13(9-15)25-21(27)17-11-19(23)20(24)12-18(17)22(28)26-14-6-4-8-16(10-14)30-2/h3-12H,1-2H3,(H,25,27)(H,26,28). The number of hydrogen-bond donors (Lipinski definition) is 2. The highest BCUT2D eigenvalue weighted by atomic mass is 35.5. The Morgan fingerprint density at radius 2 is 1.10 bits per heavy atom. The number of amides is 2. The van der Waals surface area contributed by atoms with Crippen LogP contribution in [-0.2, 0) is 0 Å². The van der Waals surface area contributed by atoms with Crippen molar-refractivity contribution in [2.45, 2.75) is 0 Å². The summed E-state index contributed by atoms with van der Waals surface area (Å²) in [5, 5.41) is 5.79. The number of nitrogens with one attached hydrogen (secondary N) is 2. The lowest BCUT2D eigenvalue weighted by Crippen LogP contribution is -2.20. The minimum absolute atomic E-state index is 0.0765. The van der Waals surface area contributed by atoms with Crippen LogP contribution in [0.5, 0.6) is 11.5 Å². The Balaban J connectivity index is 1.91. The van der Waals surface area contributed by atoms with Crippen LogP contribution in [0.2, 0.25) is 10.0 Å². The van der Waals surface area contributed by atoms with Crippen LogP contribution in [0.1, 0.15) is 20.7 Å². The van der Waals surface area contributed by atoms with Gasteiger partial charge in [-0.25, -0.2) is 0 Å². The van der Waals surface area contributed by atoms with E-state index in [1.807, 2.05) is 0 Å². The Bertz CT molecular complexity index is 1020. The minimum atomic E-state index is -0.516. The molecule has 3 aromatic carbocycles. The van der Waals surface area contributed by atoms with Crippen molar-refractivity contribution in [2.24, 2.45) is 0 Å². The maximum Gasteiger partial charge on any atom is 0.256 e. The number of hydrogen-bond acceptors (Lipinski definition) is 4. The zero-order valence-corrected chi connectivity index (χ0v) is 17.7. The molecule has 0 saturated carbocycles. The second-order valence-electron chi connectivity index (χ2n) is 6.18. The van der Waals surface area contributed by atoms with Gasteiger partial charge in [0.1, 0.15) is 11.5 Å². The van der Waals surface area contributed by atoms with E-state index in [0.29, 0.717) is 22.9 Å². The number of carbonyl (C=O) groups is 2. The summed E-state index contributed by atoms with van der Waals surface area (Å²) in [6.45, 7) is 0. The summed E-state index contributed by atoms with van der Waals surface area (Å²) in [6.07, 6.45) is 0. The number of rotatable bonds is 6. The molecule has 0 aliphatic rings. The molecule has 3 rings (SSSR count). The first-order valence-corrected chi connectivity index (χ1v) is 9.56. The molecule has 0 bridgehead atoms. The van der Waals surface area contributed by atoms with Gasteiger partial charge in [-0.3, -0.25) is 9.59 Å². The summed E-state index contributed by atoms with van der Waals surface area (Å²) in [6, 6.07) is 16.4. The Morgan fingerprint density at radius 3 is 1.47 bits per heavy atom. The van der Waals surface area contributed by atoms with Crippen molar-refractivity contribution in [1.82, 2.24) is 0 Å². The summed E-state index contributed by atoms with van der Waals surface area (Å²) in [7, 11) is 3.06. The quantitative estimate of drug-likeness (QED) is 0.524. The van der Waals surface area contributed by atoms with Crippen LogP contribution < -0.4 is 20.1 Å². The molecule has 3 aromatic rings. The number of anilines is 2. The van der Waals surface area contributed by atoms with Crippen LogP contribution in [-0.4, -0.2) is 26.0 Å². The molecule has 0 atom stereocenters. The highest BCUT2D eigenvalue weighted by molar-refractivity contribution is 6.42. The van der Waals surface area contributed by atoms with Gasteiger partial charge in [-0.05, 0) is 36.4 Å². The van der Waals surface area contributed by atoms with Gasteiger partial charge in [0.15, 0.2) is 0 Å². The fraction of sp³-hybridized carbons (Fsp3) is 0.0909. The van der Waals surface area contributed by atoms with Crippen molar-refractivity contribution in [2.75, 3.05) is 24.9 Å². The summed E-state index contributed by atoms with van der Waals surface area (Å²) in [5.41, 5.74) is 1.16. The Labute approximate surface area is 183 Å². The predicted molar refractivity (Wildman–Crippen MR) is 118 cm³/mol. The smallest absolute Gasteiger partial charge is 0.256 e. The van der Waals surface area contributed by atoms with Gasteiger partial charge in [0.25, 0.3) is 11.8 Å². The monoisotopic (exact) mass is 444 g/mol. The number of carbonyl (C=O) groups excluding carboxylic acids is 2. The van der Waals surface area contributed by atoms with E-state index in [2.05, 4.69) is 10.6 Å². The normalized spacial score (nSPS) is 10.3. The van der Waals surface area contributed by atoms with Gasteiger partial charge in [0.05, 0.1) is 35.4 Å². The molecule has 0 aliphatic heterocycles. The van der Waals surface area contributed by atoms with E-state index in [4.69, 9.17) is 32.7 Å². The van der Waals surface area contributed by atoms with E-state index in [-0.39, 0.29) is 21.2 Å². The zero-order valence-electron chi connectivity index (χ0n) is 16.2. The molecule has 0 saturated heterocycles. The van der Waals surface area contributed by atoms with Gasteiger partial charge in [-0.2, -0.15) is 0 Å². The summed E-state index contributed by atoms with van der Waals surface area (Å²) in [4.78, 5) is 25.8. The highest BCUT2D eigenvalue weighted by Gasteiger charge is 2.20. The highest BCUT2D eigenvalue weighted by Crippen LogP contribution is 2.28. The molecule has 0 unspecified atom stereocenters. The Kier molecular flexibility index (Phi) is 6.82. The third-order valence-electron chi connectivity index (χ3n) is 4.20. The van der Waals surface area contributed by atoms with Crippen LogP contribution >= 0.6 is 23.2 Å². The van der Waals surface area contributed by atoms with Crippen molar-refractivity contribution in [3.8, 4) is 11.5 Å². The van der Waals surface area contributed by atoms with Gasteiger partial charge >= 0.3 is 0 Å². The number of benzene rings is 3. The first-order valence-electron chi connectivity index (χ1n) is 8.81. The fourth-order valence-corrected chi connectivity index (χ4v) is 3.05. The maximum atomic E-state index is 12.9. The molecule has 2 amide bonds. The zero-order chi connectivity index (χ0) is 21.7. The van der Waals surface area contributed by atoms with Crippen LogP contribution in [0.4, 0.5) is 11.4 Å². The second-order valence-corrected chi connectivity index (χ2v) is 7.00. The molecule has 0 aliphatic carbocycles. The molecule has 6 nitrogen and oxygen atoms in total. The van der Waals surface area contributed by atoms with E-state index < -0.39 is 11.8 Å². The number of ether oxygens (including phenoxy) is 2. The predicted octanol–water partition coefficient (Wildman–Crippen LogP) is 5.52. The van der Waals surface area contributed by atoms with Gasteiger partial charge in [0, 0.05) is 23.5 Å². The van der Waals surface area contributed by atoms with E-state index >= 15 is 0 Å². The van der Waals surface area contributed by atoms with Gasteiger partial charge in [-0.15, -0.1) is 0 Å². The van der Waals surface area contributed by atoms with E-state index in [9.17, 15) is 9.59 Å². The van der Waals surface area contributed by atoms with E-state index in [1.165, 1.54) is 26.4 Å². The molecular formula is C22H18Cl2N2O4. The average molecular weight is 445 g/mol. The molecule has 0 fully saturated rings. The minimum Gasteiger partial charge on any atom is -0.497 e. The number of halogens is 2. The lowest BCUT2D eigenvalue weighted by atomic mass is 10.1. The molecule has 0 heterocycles. The molecule has 8 heteroatoms. The molecule has 0 radical (unpaired) electrons. The SMILES string of the molecule is COc1cccc(NC(=O)c2cc(Cl)c(Cl)cc2C(=O)Nc2cccc(OC)c2)c1. The third-order valence-corrected chi connectivity index (χ3v) is 4.93. The van der Waals surface area contributed by atoms with Crippen molar-refractivity contribution in [3.63, 3.8) is 0 Å². The molecule has 0 aromatic heterocycles. The molecule has 30 heavy (non-hydrogen) atoms. The van der Waals surface area contributed by atoms with Crippen molar-refractivity contribution in [1.29, 1.82) is 0 Å². The van der Waals surface area contributed by atoms with E-state index in [1.54, 1.807) is 48.5 Å². The van der Waals surface area contributed by atoms with Gasteiger partial charge in [0.2, 0.25) is 0 Å². The number of methoxy groups -OCH3 is 2. The molecule has 0 spiro atoms. The van der Waals surface area contributed by atoms with Crippen LogP contribution in [0.25, 0.3) is 0 Å². The molecular weight excluding hydrogens is 427 g/mol. The summed E-state index contributed by atoms with van der Waals surface area (Å²) >= 11 is 12.2. The van der Waals surface area contributed by atoms with Gasteiger partial charge < -0.3 is 20.1 Å². The largest absolute Gasteiger partial charge is 0.497 e. The molecule has 154 valence electrons. The Hall–Kier alpha value is -3.22. The van der Waals surface area contributed by atoms with Crippen LogP contribution in [0.3, 0.4) is 0 Å². The lowest BCUT2D eigenvalue weighted by molar-refractivity contribution is 0.0990. The first kappa shape index (κ1) is 21.5. The fourth-order valence-electron chi connectivity index (χ4n) is 2.72. The van der Waals surface area contributed by atoms with Crippen LogP contribution in [0, 0.1) is 0 Å². The summed E-state index contributed by atoms with van der Waals surface area (Å²) < 4.78 is 10.3. The third kappa shape index (κ3) is 5.03. The maximum absolute atomic E-state index is 12.9. The van der Waals surface area contributed by atoms with Crippen molar-refractivity contribution in [3.05, 3.63) is 81.8 Å². The first-order chi connectivity index (χ1) is 14.4. The second kappa shape index (κ2) is 9.52. The van der Waals surface area contributed by atoms with E-state index in [0.717, 1.165) is 0 Å². The molecule has 2 N–H and O–H groups in total. The van der Waals surface area contributed by atoms with Crippen LogP contribution in [0.15, 0.2) is 60.7 Å². The lowest BCUT2D eigenvalue weighted by Gasteiger charge is -2.13. The summed E-state index contributed by atoms with van der Waals surface area (Å²) in [5.74, 6) is 0.131. The van der Waals surface area contributed by atoms with Crippen molar-refractivity contribution < 1.29 is 19.1 Å². The topological polar surface area (TPSA) is 76.7 Å².